The van der Waals surface area contributed by atoms with E-state index in [4.69, 9.17) is 23.7 Å². The van der Waals surface area contributed by atoms with Crippen LogP contribution in [0.2, 0.25) is 0 Å². The Kier molecular flexibility index (Phi) is 52.4. The number of hydrogen-bond donors (Lipinski definition) is 3. The highest BCUT2D eigenvalue weighted by atomic mass is 16.7. The van der Waals surface area contributed by atoms with Crippen LogP contribution in [0.25, 0.3) is 0 Å². The van der Waals surface area contributed by atoms with Gasteiger partial charge in [0.2, 0.25) is 0 Å². The topological polar surface area (TPSA) is 175 Å². The lowest BCUT2D eigenvalue weighted by atomic mass is 9.98. The van der Waals surface area contributed by atoms with Crippen LogP contribution in [-0.4, -0.2) is 89.2 Å². The number of hydrogen-bond acceptors (Lipinski definition) is 11. The molecule has 1 saturated heterocycles. The van der Waals surface area contributed by atoms with Gasteiger partial charge in [0, 0.05) is 12.8 Å². The van der Waals surface area contributed by atoms with E-state index < -0.39 is 67.3 Å². The van der Waals surface area contributed by atoms with Gasteiger partial charge in [-0.3, -0.25) is 14.4 Å². The molecule has 1 rings (SSSR count). The normalized spacial score (nSPS) is 18.5. The molecule has 0 bridgehead atoms. The van der Waals surface area contributed by atoms with Gasteiger partial charge < -0.3 is 39.0 Å². The lowest BCUT2D eigenvalue weighted by Crippen LogP contribution is -2.61. The minimum absolute atomic E-state index is 0.0378. The molecule has 1 fully saturated rings. The van der Waals surface area contributed by atoms with Crippen LogP contribution in [0, 0.1) is 0 Å². The maximum atomic E-state index is 13.1. The molecular weight excluding hydrogens is 1040 g/mol. The Hall–Kier alpha value is -5.14. The van der Waals surface area contributed by atoms with Crippen molar-refractivity contribution in [3.8, 4) is 0 Å². The zero-order valence-corrected chi connectivity index (χ0v) is 51.6. The molecular formula is C71H112O12. The summed E-state index contributed by atoms with van der Waals surface area (Å²) in [5.74, 6) is -3.35. The Morgan fingerprint density at radius 2 is 0.795 bits per heavy atom. The first-order valence-electron chi connectivity index (χ1n) is 32.2. The number of unbranched alkanes of at least 4 members (excludes halogenated alkanes) is 18. The molecule has 1 aliphatic rings. The fraction of sp³-hybridized carbons (Fsp3) is 0.634. The standard InChI is InChI=1S/C71H112O12/c1-4-7-10-13-16-19-22-25-28-30-32-34-37-39-42-45-48-51-54-57-63(72)79-60-62(81-64(73)58-55-52-49-46-43-40-36-27-24-21-18-15-12-9-6-3)61-80-71-69(67(76)66(75)68(83-71)70(77)78)82-65(74)59-56-53-50-47-44-41-38-35-33-31-29-26-23-20-17-14-11-8-5-2/h7,9-10,12,16,18-19,21,25-29,32,34,36,39,42-43,46,52,55,62,66-69,71,75-76H,4-6,8,11,13-15,17,20,22-24,30-31,33,35,37-38,40-41,44-45,47-51,53-54,56-61H2,1-3H3,(H,77,78)/b10-7-,12-9-,19-16-,21-18-,28-25-,29-26-,34-32-,36-27-,42-39-,46-43-,55-52-. The second kappa shape index (κ2) is 57.3. The Bertz CT molecular complexity index is 1950. The predicted molar refractivity (Wildman–Crippen MR) is 340 cm³/mol. The molecule has 468 valence electrons. The molecule has 12 heteroatoms. The van der Waals surface area contributed by atoms with Crippen LogP contribution < -0.4 is 0 Å². The van der Waals surface area contributed by atoms with Gasteiger partial charge in [-0.2, -0.15) is 0 Å². The summed E-state index contributed by atoms with van der Waals surface area (Å²) in [6, 6.07) is 0. The van der Waals surface area contributed by atoms with Gasteiger partial charge in [0.05, 0.1) is 13.0 Å². The third-order valence-electron chi connectivity index (χ3n) is 13.7. The van der Waals surface area contributed by atoms with Crippen molar-refractivity contribution in [2.45, 2.75) is 276 Å². The molecule has 83 heavy (non-hydrogen) atoms. The number of ether oxygens (including phenoxy) is 5. The molecule has 0 saturated carbocycles. The highest BCUT2D eigenvalue weighted by molar-refractivity contribution is 5.74. The van der Waals surface area contributed by atoms with Crippen molar-refractivity contribution in [2.75, 3.05) is 13.2 Å². The molecule has 0 aromatic heterocycles. The van der Waals surface area contributed by atoms with Gasteiger partial charge in [-0.25, -0.2) is 4.79 Å². The number of aliphatic carboxylic acids is 1. The van der Waals surface area contributed by atoms with E-state index in [-0.39, 0.29) is 25.9 Å². The number of carboxylic acids is 1. The fourth-order valence-corrected chi connectivity index (χ4v) is 8.88. The first-order chi connectivity index (χ1) is 40.6. The zero-order chi connectivity index (χ0) is 60.3. The van der Waals surface area contributed by atoms with Gasteiger partial charge in [0.15, 0.2) is 24.6 Å². The molecule has 0 spiro atoms. The molecule has 0 aromatic carbocycles. The average Bonchev–Trinajstić information content (AvgIpc) is 3.57. The molecule has 0 aliphatic carbocycles. The van der Waals surface area contributed by atoms with Crippen molar-refractivity contribution >= 4 is 23.9 Å². The van der Waals surface area contributed by atoms with E-state index in [9.17, 15) is 34.5 Å². The molecule has 3 N–H and O–H groups in total. The molecule has 0 amide bonds. The average molecular weight is 1160 g/mol. The maximum Gasteiger partial charge on any atom is 0.335 e. The smallest absolute Gasteiger partial charge is 0.335 e. The SMILES string of the molecule is CC/C=C\C/C=C\C/C=C\C/C=C\C/C=C\CCCCCC(=O)OCC(COC1OC(C(=O)O)C(O)C(O)C1OC(=O)CCCCCCCCCCC/C=C\CCCCCCCC)OC(=O)C/C=C\C/C=C\C/C=C\C/C=C\C/C=C\CC. The monoisotopic (exact) mass is 1160 g/mol. The summed E-state index contributed by atoms with van der Waals surface area (Å²) >= 11 is 0. The van der Waals surface area contributed by atoms with E-state index in [0.29, 0.717) is 19.3 Å². The number of esters is 3. The van der Waals surface area contributed by atoms with Crippen LogP contribution in [0.15, 0.2) is 134 Å². The Morgan fingerprint density at radius 3 is 1.24 bits per heavy atom. The van der Waals surface area contributed by atoms with Crippen molar-refractivity contribution in [3.05, 3.63) is 134 Å². The van der Waals surface area contributed by atoms with Gasteiger partial charge in [-0.1, -0.05) is 238 Å². The van der Waals surface area contributed by atoms with Crippen molar-refractivity contribution < 1.29 is 58.2 Å². The van der Waals surface area contributed by atoms with E-state index in [0.717, 1.165) is 109 Å². The number of rotatable bonds is 53. The van der Waals surface area contributed by atoms with Crippen molar-refractivity contribution in [3.63, 3.8) is 0 Å². The van der Waals surface area contributed by atoms with E-state index in [1.165, 1.54) is 70.6 Å². The molecule has 1 aliphatic heterocycles. The quantitative estimate of drug-likeness (QED) is 0.0228. The van der Waals surface area contributed by atoms with Crippen LogP contribution in [0.5, 0.6) is 0 Å². The maximum absolute atomic E-state index is 13.1. The van der Waals surface area contributed by atoms with Crippen molar-refractivity contribution in [1.29, 1.82) is 0 Å². The van der Waals surface area contributed by atoms with Gasteiger partial charge in [-0.05, 0) is 116 Å². The first kappa shape index (κ1) is 75.9. The lowest BCUT2D eigenvalue weighted by molar-refractivity contribution is -0.301. The molecule has 6 atom stereocenters. The number of aliphatic hydroxyl groups is 2. The number of carbonyl (C=O) groups is 4. The highest BCUT2D eigenvalue weighted by Gasteiger charge is 2.50. The number of aliphatic hydroxyl groups excluding tert-OH is 2. The summed E-state index contributed by atoms with van der Waals surface area (Å²) in [4.78, 5) is 51.2. The van der Waals surface area contributed by atoms with E-state index in [1.807, 2.05) is 18.2 Å². The highest BCUT2D eigenvalue weighted by Crippen LogP contribution is 2.26. The molecule has 1 heterocycles. The third kappa shape index (κ3) is 46.9. The minimum atomic E-state index is -1.93. The number of carbonyl (C=O) groups excluding carboxylic acids is 3. The molecule has 12 nitrogen and oxygen atoms in total. The first-order valence-corrected chi connectivity index (χ1v) is 32.2. The zero-order valence-electron chi connectivity index (χ0n) is 51.6. The second-order valence-electron chi connectivity index (χ2n) is 21.3. The van der Waals surface area contributed by atoms with Crippen LogP contribution in [-0.2, 0) is 42.9 Å². The van der Waals surface area contributed by atoms with Gasteiger partial charge in [0.25, 0.3) is 0 Å². The van der Waals surface area contributed by atoms with E-state index in [2.05, 4.69) is 130 Å². The van der Waals surface area contributed by atoms with Gasteiger partial charge in [0.1, 0.15) is 18.8 Å². The summed E-state index contributed by atoms with van der Waals surface area (Å²) in [6.07, 6.45) is 68.7. The van der Waals surface area contributed by atoms with Crippen LogP contribution in [0.4, 0.5) is 0 Å². The fourth-order valence-electron chi connectivity index (χ4n) is 8.88. The summed E-state index contributed by atoms with van der Waals surface area (Å²) in [5.41, 5.74) is 0. The van der Waals surface area contributed by atoms with Crippen LogP contribution >= 0.6 is 0 Å². The molecule has 0 radical (unpaired) electrons. The largest absolute Gasteiger partial charge is 0.479 e. The van der Waals surface area contributed by atoms with E-state index >= 15 is 0 Å². The minimum Gasteiger partial charge on any atom is -0.479 e. The van der Waals surface area contributed by atoms with Gasteiger partial charge >= 0.3 is 23.9 Å². The molecule has 0 aromatic rings. The Labute approximate surface area is 502 Å². The van der Waals surface area contributed by atoms with E-state index in [1.54, 1.807) is 6.08 Å². The molecule has 6 unspecified atom stereocenters. The summed E-state index contributed by atoms with van der Waals surface area (Å²) < 4.78 is 28.3. The number of allylic oxidation sites excluding steroid dienone is 21. The van der Waals surface area contributed by atoms with Crippen LogP contribution in [0.3, 0.4) is 0 Å². The van der Waals surface area contributed by atoms with Crippen LogP contribution in [0.1, 0.15) is 239 Å². The summed E-state index contributed by atoms with van der Waals surface area (Å²) in [5, 5.41) is 31.6. The summed E-state index contributed by atoms with van der Waals surface area (Å²) in [7, 11) is 0. The predicted octanol–water partition coefficient (Wildman–Crippen LogP) is 17.3. The lowest BCUT2D eigenvalue weighted by Gasteiger charge is -2.40. The number of carboxylic acid groups (broad SMARTS) is 1. The van der Waals surface area contributed by atoms with Crippen molar-refractivity contribution in [1.82, 2.24) is 0 Å². The van der Waals surface area contributed by atoms with Crippen molar-refractivity contribution in [2.24, 2.45) is 0 Å². The van der Waals surface area contributed by atoms with Gasteiger partial charge in [-0.15, -0.1) is 0 Å². The second-order valence-corrected chi connectivity index (χ2v) is 21.3. The summed E-state index contributed by atoms with van der Waals surface area (Å²) in [6.45, 7) is 5.66. The Morgan fingerprint density at radius 1 is 0.422 bits per heavy atom. The Balaban J connectivity index is 2.73. The third-order valence-corrected chi connectivity index (χ3v) is 13.7.